The molecule has 0 spiro atoms. The molecule has 2 N–H and O–H groups in total. The molecule has 0 saturated heterocycles. The molecule has 21 heavy (non-hydrogen) atoms. The summed E-state index contributed by atoms with van der Waals surface area (Å²) >= 11 is 0. The summed E-state index contributed by atoms with van der Waals surface area (Å²) in [4.78, 5) is 23.5. The van der Waals surface area contributed by atoms with Crippen molar-refractivity contribution < 1.29 is 23.8 Å². The van der Waals surface area contributed by atoms with Crippen molar-refractivity contribution in [1.82, 2.24) is 5.32 Å². The molecule has 0 aromatic heterocycles. The maximum atomic E-state index is 12.8. The molecule has 2 unspecified atom stereocenters. The van der Waals surface area contributed by atoms with E-state index in [0.29, 0.717) is 5.75 Å². The van der Waals surface area contributed by atoms with Crippen LogP contribution < -0.4 is 10.1 Å². The third-order valence-corrected chi connectivity index (χ3v) is 3.72. The number of hydrogen-bond acceptors (Lipinski definition) is 3. The van der Waals surface area contributed by atoms with Crippen LogP contribution in [0, 0.1) is 11.7 Å². The molecule has 0 heterocycles. The number of carbonyl (C=O) groups excluding carboxylic acids is 1. The first-order valence-corrected chi connectivity index (χ1v) is 6.80. The largest absolute Gasteiger partial charge is 0.481 e. The van der Waals surface area contributed by atoms with Crippen molar-refractivity contribution >= 4 is 11.9 Å². The van der Waals surface area contributed by atoms with Gasteiger partial charge < -0.3 is 15.2 Å². The van der Waals surface area contributed by atoms with E-state index in [1.165, 1.54) is 38.1 Å². The van der Waals surface area contributed by atoms with Gasteiger partial charge in [-0.15, -0.1) is 0 Å². The molecule has 1 aromatic rings. The number of amides is 1. The van der Waals surface area contributed by atoms with Gasteiger partial charge in [-0.2, -0.15) is 0 Å². The van der Waals surface area contributed by atoms with Crippen molar-refractivity contribution in [2.24, 2.45) is 5.92 Å². The summed E-state index contributed by atoms with van der Waals surface area (Å²) in [5, 5.41) is 11.8. The van der Waals surface area contributed by atoms with Gasteiger partial charge in [-0.05, 0) is 56.9 Å². The van der Waals surface area contributed by atoms with Crippen LogP contribution in [0.1, 0.15) is 26.7 Å². The Kier molecular flexibility index (Phi) is 4.16. The molecule has 0 bridgehead atoms. The Morgan fingerprint density at radius 3 is 2.43 bits per heavy atom. The van der Waals surface area contributed by atoms with Crippen LogP contribution in [0.2, 0.25) is 0 Å². The van der Waals surface area contributed by atoms with Gasteiger partial charge >= 0.3 is 5.97 Å². The average molecular weight is 295 g/mol. The van der Waals surface area contributed by atoms with E-state index < -0.39 is 29.3 Å². The van der Waals surface area contributed by atoms with Crippen LogP contribution in [0.15, 0.2) is 24.3 Å². The van der Waals surface area contributed by atoms with Gasteiger partial charge in [0.2, 0.25) is 0 Å². The summed E-state index contributed by atoms with van der Waals surface area (Å²) in [7, 11) is 0. The maximum absolute atomic E-state index is 12.8. The van der Waals surface area contributed by atoms with Crippen molar-refractivity contribution in [2.75, 3.05) is 0 Å². The quantitative estimate of drug-likeness (QED) is 0.841. The van der Waals surface area contributed by atoms with Gasteiger partial charge in [-0.25, -0.2) is 9.18 Å². The zero-order valence-corrected chi connectivity index (χ0v) is 11.9. The zero-order valence-electron chi connectivity index (χ0n) is 11.9. The molecule has 2 rings (SSSR count). The molecule has 1 aliphatic carbocycles. The fourth-order valence-electron chi connectivity index (χ4n) is 2.12. The van der Waals surface area contributed by atoms with Gasteiger partial charge in [-0.3, -0.25) is 4.79 Å². The van der Waals surface area contributed by atoms with Crippen molar-refractivity contribution in [3.8, 4) is 5.75 Å². The highest BCUT2D eigenvalue weighted by molar-refractivity contribution is 5.89. The first-order chi connectivity index (χ1) is 9.83. The van der Waals surface area contributed by atoms with E-state index in [4.69, 9.17) is 4.74 Å². The van der Waals surface area contributed by atoms with Crippen molar-refractivity contribution in [3.63, 3.8) is 0 Å². The van der Waals surface area contributed by atoms with Crippen molar-refractivity contribution in [2.45, 2.75) is 38.3 Å². The van der Waals surface area contributed by atoms with E-state index in [0.717, 1.165) is 12.8 Å². The SMILES string of the molecule is CC(Oc1ccc(F)cc1)C(=O)NC(C)(C(=O)O)C1CC1. The van der Waals surface area contributed by atoms with E-state index >= 15 is 0 Å². The van der Waals surface area contributed by atoms with Gasteiger partial charge in [-0.1, -0.05) is 0 Å². The number of halogens is 1. The molecule has 1 aromatic carbocycles. The van der Waals surface area contributed by atoms with Crippen LogP contribution in [-0.2, 0) is 9.59 Å². The zero-order chi connectivity index (χ0) is 15.6. The monoisotopic (exact) mass is 295 g/mol. The van der Waals surface area contributed by atoms with E-state index in [-0.39, 0.29) is 5.92 Å². The van der Waals surface area contributed by atoms with Crippen LogP contribution in [0.25, 0.3) is 0 Å². The predicted molar refractivity (Wildman–Crippen MR) is 73.4 cm³/mol. The highest BCUT2D eigenvalue weighted by atomic mass is 19.1. The highest BCUT2D eigenvalue weighted by Gasteiger charge is 2.49. The molecule has 1 fully saturated rings. The topological polar surface area (TPSA) is 75.6 Å². The van der Waals surface area contributed by atoms with Gasteiger partial charge in [0.15, 0.2) is 6.10 Å². The average Bonchev–Trinajstić information content (AvgIpc) is 3.25. The number of aliphatic carboxylic acids is 1. The van der Waals surface area contributed by atoms with Crippen LogP contribution in [0.4, 0.5) is 4.39 Å². The van der Waals surface area contributed by atoms with Gasteiger partial charge in [0.1, 0.15) is 17.1 Å². The van der Waals surface area contributed by atoms with Crippen LogP contribution in [-0.4, -0.2) is 28.6 Å². The third-order valence-electron chi connectivity index (χ3n) is 3.72. The van der Waals surface area contributed by atoms with Crippen LogP contribution >= 0.6 is 0 Å². The third kappa shape index (κ3) is 3.51. The lowest BCUT2D eigenvalue weighted by Crippen LogP contribution is -2.56. The standard InChI is InChI=1S/C15H18FNO4/c1-9(21-12-7-5-11(16)6-8-12)13(18)17-15(2,14(19)20)10-3-4-10/h5-10H,3-4H2,1-2H3,(H,17,18)(H,19,20). The normalized spacial score (nSPS) is 18.4. The maximum Gasteiger partial charge on any atom is 0.329 e. The van der Waals surface area contributed by atoms with Crippen LogP contribution in [0.5, 0.6) is 5.75 Å². The molecule has 0 radical (unpaired) electrons. The second-order valence-electron chi connectivity index (χ2n) is 5.49. The summed E-state index contributed by atoms with van der Waals surface area (Å²) in [6, 6.07) is 5.28. The lowest BCUT2D eigenvalue weighted by atomic mass is 9.95. The second kappa shape index (κ2) is 5.71. The Morgan fingerprint density at radius 2 is 1.95 bits per heavy atom. The number of rotatable bonds is 6. The molecule has 0 aliphatic heterocycles. The summed E-state index contributed by atoms with van der Waals surface area (Å²) in [5.41, 5.74) is -1.27. The smallest absolute Gasteiger partial charge is 0.329 e. The molecule has 6 heteroatoms. The Morgan fingerprint density at radius 1 is 1.38 bits per heavy atom. The fraction of sp³-hybridized carbons (Fsp3) is 0.467. The summed E-state index contributed by atoms with van der Waals surface area (Å²) in [6.45, 7) is 3.03. The number of carboxylic acid groups (broad SMARTS) is 1. The molecular weight excluding hydrogens is 277 g/mol. The Balaban J connectivity index is 1.98. The van der Waals surface area contributed by atoms with Crippen molar-refractivity contribution in [3.05, 3.63) is 30.1 Å². The van der Waals surface area contributed by atoms with E-state index in [9.17, 15) is 19.1 Å². The first-order valence-electron chi connectivity index (χ1n) is 6.80. The van der Waals surface area contributed by atoms with E-state index in [1.807, 2.05) is 0 Å². The molecular formula is C15H18FNO4. The summed E-state index contributed by atoms with van der Waals surface area (Å²) in [5.74, 6) is -1.64. The number of benzene rings is 1. The molecule has 1 saturated carbocycles. The van der Waals surface area contributed by atoms with Gasteiger partial charge in [0, 0.05) is 0 Å². The first kappa shape index (κ1) is 15.3. The fourth-order valence-corrected chi connectivity index (χ4v) is 2.12. The van der Waals surface area contributed by atoms with E-state index in [1.54, 1.807) is 0 Å². The molecule has 1 aliphatic rings. The number of nitrogens with one attached hydrogen (secondary N) is 1. The second-order valence-corrected chi connectivity index (χ2v) is 5.49. The summed E-state index contributed by atoms with van der Waals surface area (Å²) < 4.78 is 18.2. The number of carboxylic acids is 1. The lowest BCUT2D eigenvalue weighted by molar-refractivity contribution is -0.149. The number of hydrogen-bond donors (Lipinski definition) is 2. The predicted octanol–water partition coefficient (Wildman–Crippen LogP) is 1.96. The van der Waals surface area contributed by atoms with Gasteiger partial charge in [0.05, 0.1) is 0 Å². The minimum atomic E-state index is -1.27. The number of carbonyl (C=O) groups is 2. The highest BCUT2D eigenvalue weighted by Crippen LogP contribution is 2.39. The molecule has 1 amide bonds. The molecule has 2 atom stereocenters. The minimum Gasteiger partial charge on any atom is -0.481 e. The molecule has 5 nitrogen and oxygen atoms in total. The Bertz CT molecular complexity index is 541. The van der Waals surface area contributed by atoms with E-state index in [2.05, 4.69) is 5.32 Å². The van der Waals surface area contributed by atoms with Gasteiger partial charge in [0.25, 0.3) is 5.91 Å². The minimum absolute atomic E-state index is 0.0445. The number of ether oxygens (including phenoxy) is 1. The Labute approximate surface area is 122 Å². The molecule has 114 valence electrons. The van der Waals surface area contributed by atoms with Crippen LogP contribution in [0.3, 0.4) is 0 Å². The van der Waals surface area contributed by atoms with Crippen molar-refractivity contribution in [1.29, 1.82) is 0 Å². The summed E-state index contributed by atoms with van der Waals surface area (Å²) in [6.07, 6.45) is 0.708. The lowest BCUT2D eigenvalue weighted by Gasteiger charge is -2.27. The Hall–Kier alpha value is -2.11.